The summed E-state index contributed by atoms with van der Waals surface area (Å²) in [6.45, 7) is 1.89. The smallest absolute Gasteiger partial charge is 0.255 e. The van der Waals surface area contributed by atoms with Gasteiger partial charge < -0.3 is 16.0 Å². The summed E-state index contributed by atoms with van der Waals surface area (Å²) in [6.07, 6.45) is 0. The van der Waals surface area contributed by atoms with E-state index >= 15 is 0 Å². The first-order valence-corrected chi connectivity index (χ1v) is 6.43. The Morgan fingerprint density at radius 2 is 1.75 bits per heavy atom. The highest BCUT2D eigenvalue weighted by Gasteiger charge is 2.09. The maximum atomic E-state index is 12.2. The van der Waals surface area contributed by atoms with Crippen LogP contribution in [0, 0.1) is 6.92 Å². The molecule has 2 rings (SSSR count). The summed E-state index contributed by atoms with van der Waals surface area (Å²) < 4.78 is 0. The van der Waals surface area contributed by atoms with Gasteiger partial charge in [-0.1, -0.05) is 6.07 Å². The first-order chi connectivity index (χ1) is 9.49. The van der Waals surface area contributed by atoms with Gasteiger partial charge in [0.15, 0.2) is 0 Å². The molecule has 4 heteroatoms. The van der Waals surface area contributed by atoms with Crippen molar-refractivity contribution in [3.05, 3.63) is 53.6 Å². The van der Waals surface area contributed by atoms with Gasteiger partial charge in [0.05, 0.1) is 0 Å². The lowest BCUT2D eigenvalue weighted by molar-refractivity contribution is 0.102. The topological polar surface area (TPSA) is 58.4 Å². The summed E-state index contributed by atoms with van der Waals surface area (Å²) >= 11 is 0. The molecule has 4 nitrogen and oxygen atoms in total. The number of rotatable bonds is 3. The van der Waals surface area contributed by atoms with Crippen LogP contribution in [0.15, 0.2) is 42.5 Å². The van der Waals surface area contributed by atoms with E-state index in [9.17, 15) is 4.79 Å². The minimum Gasteiger partial charge on any atom is -0.398 e. The molecule has 2 aromatic carbocycles. The van der Waals surface area contributed by atoms with Gasteiger partial charge in [-0.15, -0.1) is 0 Å². The van der Waals surface area contributed by atoms with Gasteiger partial charge in [-0.05, 0) is 48.9 Å². The van der Waals surface area contributed by atoms with Crippen LogP contribution in [0.4, 0.5) is 17.1 Å². The molecule has 0 aliphatic heterocycles. The quantitative estimate of drug-likeness (QED) is 0.842. The van der Waals surface area contributed by atoms with Crippen LogP contribution in [0.3, 0.4) is 0 Å². The maximum absolute atomic E-state index is 12.2. The molecule has 0 aliphatic carbocycles. The van der Waals surface area contributed by atoms with Gasteiger partial charge in [-0.3, -0.25) is 4.79 Å². The van der Waals surface area contributed by atoms with Crippen molar-refractivity contribution in [1.82, 2.24) is 0 Å². The summed E-state index contributed by atoms with van der Waals surface area (Å²) in [5.74, 6) is -0.135. The summed E-state index contributed by atoms with van der Waals surface area (Å²) in [4.78, 5) is 14.2. The number of nitrogens with one attached hydrogen (secondary N) is 1. The van der Waals surface area contributed by atoms with Gasteiger partial charge >= 0.3 is 0 Å². The van der Waals surface area contributed by atoms with Gasteiger partial charge in [0.25, 0.3) is 5.91 Å². The van der Waals surface area contributed by atoms with Gasteiger partial charge in [0.2, 0.25) is 0 Å². The monoisotopic (exact) mass is 269 g/mol. The van der Waals surface area contributed by atoms with Crippen LogP contribution < -0.4 is 16.0 Å². The molecule has 0 aromatic heterocycles. The molecule has 1 amide bonds. The highest BCUT2D eigenvalue weighted by molar-refractivity contribution is 6.05. The van der Waals surface area contributed by atoms with E-state index in [2.05, 4.69) is 5.32 Å². The van der Waals surface area contributed by atoms with Crippen molar-refractivity contribution in [2.24, 2.45) is 0 Å². The number of nitrogens with two attached hydrogens (primary N) is 1. The molecule has 0 spiro atoms. The third-order valence-electron chi connectivity index (χ3n) is 3.27. The van der Waals surface area contributed by atoms with Gasteiger partial charge in [-0.25, -0.2) is 0 Å². The van der Waals surface area contributed by atoms with Crippen LogP contribution >= 0.6 is 0 Å². The summed E-state index contributed by atoms with van der Waals surface area (Å²) in [6, 6.07) is 12.9. The van der Waals surface area contributed by atoms with Crippen molar-refractivity contribution >= 4 is 23.0 Å². The second kappa shape index (κ2) is 5.65. The van der Waals surface area contributed by atoms with E-state index in [0.29, 0.717) is 11.3 Å². The van der Waals surface area contributed by atoms with E-state index in [0.717, 1.165) is 16.9 Å². The molecule has 2 aromatic rings. The summed E-state index contributed by atoms with van der Waals surface area (Å²) in [5, 5.41) is 2.88. The van der Waals surface area contributed by atoms with Crippen LogP contribution in [0.5, 0.6) is 0 Å². The van der Waals surface area contributed by atoms with E-state index in [1.165, 1.54) is 0 Å². The molecule has 0 heterocycles. The standard InChI is InChI=1S/C16H19N3O/c1-11-14(17)5-4-6-15(11)18-16(20)12-7-9-13(10-8-12)19(2)3/h4-10H,17H2,1-3H3,(H,18,20). The van der Waals surface area contributed by atoms with Crippen LogP contribution in [-0.2, 0) is 0 Å². The lowest BCUT2D eigenvalue weighted by Crippen LogP contribution is -2.14. The fourth-order valence-corrected chi connectivity index (χ4v) is 1.89. The Morgan fingerprint density at radius 3 is 2.35 bits per heavy atom. The molecule has 0 saturated carbocycles. The number of amides is 1. The number of nitrogens with zero attached hydrogens (tertiary/aromatic N) is 1. The molecule has 0 saturated heterocycles. The normalized spacial score (nSPS) is 10.2. The molecule has 3 N–H and O–H groups in total. The fraction of sp³-hybridized carbons (Fsp3) is 0.188. The number of hydrogen-bond donors (Lipinski definition) is 2. The van der Waals surface area contributed by atoms with Crippen LogP contribution in [-0.4, -0.2) is 20.0 Å². The first-order valence-electron chi connectivity index (χ1n) is 6.43. The van der Waals surface area contributed by atoms with Crippen LogP contribution in [0.25, 0.3) is 0 Å². The molecule has 0 bridgehead atoms. The molecule has 0 atom stereocenters. The minimum atomic E-state index is -0.135. The Balaban J connectivity index is 2.18. The van der Waals surface area contributed by atoms with Crippen molar-refractivity contribution < 1.29 is 4.79 Å². The predicted octanol–water partition coefficient (Wildman–Crippen LogP) is 2.90. The SMILES string of the molecule is Cc1c(N)cccc1NC(=O)c1ccc(N(C)C)cc1. The van der Waals surface area contributed by atoms with Crippen molar-refractivity contribution in [3.63, 3.8) is 0 Å². The van der Waals surface area contributed by atoms with E-state index < -0.39 is 0 Å². The van der Waals surface area contributed by atoms with Gasteiger partial charge in [0.1, 0.15) is 0 Å². The van der Waals surface area contributed by atoms with E-state index in [1.54, 1.807) is 0 Å². The Morgan fingerprint density at radius 1 is 1.10 bits per heavy atom. The second-order valence-electron chi connectivity index (χ2n) is 4.92. The fourth-order valence-electron chi connectivity index (χ4n) is 1.89. The van der Waals surface area contributed by atoms with Crippen LogP contribution in [0.1, 0.15) is 15.9 Å². The molecule has 104 valence electrons. The molecule has 0 unspecified atom stereocenters. The minimum absolute atomic E-state index is 0.135. The van der Waals surface area contributed by atoms with Crippen molar-refractivity contribution in [3.8, 4) is 0 Å². The van der Waals surface area contributed by atoms with E-state index in [-0.39, 0.29) is 5.91 Å². The lowest BCUT2D eigenvalue weighted by atomic mass is 10.1. The molecule has 0 radical (unpaired) electrons. The molecular weight excluding hydrogens is 250 g/mol. The lowest BCUT2D eigenvalue weighted by Gasteiger charge is -2.13. The van der Waals surface area contributed by atoms with Crippen molar-refractivity contribution in [1.29, 1.82) is 0 Å². The van der Waals surface area contributed by atoms with E-state index in [4.69, 9.17) is 5.73 Å². The van der Waals surface area contributed by atoms with Gasteiger partial charge in [0, 0.05) is 36.7 Å². The zero-order valence-corrected chi connectivity index (χ0v) is 12.0. The maximum Gasteiger partial charge on any atom is 0.255 e. The number of benzene rings is 2. The highest BCUT2D eigenvalue weighted by Crippen LogP contribution is 2.21. The molecule has 0 aliphatic rings. The predicted molar refractivity (Wildman–Crippen MR) is 84.3 cm³/mol. The molecular formula is C16H19N3O. The Labute approximate surface area is 119 Å². The number of hydrogen-bond acceptors (Lipinski definition) is 3. The first kappa shape index (κ1) is 13.9. The second-order valence-corrected chi connectivity index (χ2v) is 4.92. The zero-order valence-electron chi connectivity index (χ0n) is 12.0. The average Bonchev–Trinajstić information content (AvgIpc) is 2.44. The Hall–Kier alpha value is -2.49. The Bertz CT molecular complexity index is 618. The third kappa shape index (κ3) is 2.91. The number of nitrogen functional groups attached to an aromatic ring is 1. The summed E-state index contributed by atoms with van der Waals surface area (Å²) in [5.41, 5.74) is 9.81. The van der Waals surface area contributed by atoms with Crippen LogP contribution in [0.2, 0.25) is 0 Å². The largest absolute Gasteiger partial charge is 0.398 e. The molecule has 20 heavy (non-hydrogen) atoms. The summed E-state index contributed by atoms with van der Waals surface area (Å²) in [7, 11) is 3.93. The third-order valence-corrected chi connectivity index (χ3v) is 3.27. The highest BCUT2D eigenvalue weighted by atomic mass is 16.1. The number of carbonyl (C=O) groups excluding carboxylic acids is 1. The zero-order chi connectivity index (χ0) is 14.7. The van der Waals surface area contributed by atoms with Gasteiger partial charge in [-0.2, -0.15) is 0 Å². The van der Waals surface area contributed by atoms with Crippen molar-refractivity contribution in [2.75, 3.05) is 30.0 Å². The van der Waals surface area contributed by atoms with Crippen molar-refractivity contribution in [2.45, 2.75) is 6.92 Å². The number of anilines is 3. The van der Waals surface area contributed by atoms with E-state index in [1.807, 2.05) is 68.4 Å². The number of carbonyl (C=O) groups is 1. The average molecular weight is 269 g/mol. The Kier molecular flexibility index (Phi) is 3.94. The molecule has 0 fully saturated rings.